The van der Waals surface area contributed by atoms with E-state index in [2.05, 4.69) is 41.9 Å². The molecule has 0 bridgehead atoms. The summed E-state index contributed by atoms with van der Waals surface area (Å²) >= 11 is 1.69. The highest BCUT2D eigenvalue weighted by Crippen LogP contribution is 2.35. The Bertz CT molecular complexity index is 788. The molecule has 1 aliphatic carbocycles. The molecule has 0 unspecified atom stereocenters. The number of ether oxygens (including phenoxy) is 1. The van der Waals surface area contributed by atoms with Crippen LogP contribution in [0.25, 0.3) is 5.70 Å². The predicted molar refractivity (Wildman–Crippen MR) is 107 cm³/mol. The van der Waals surface area contributed by atoms with Gasteiger partial charge in [-0.3, -0.25) is 4.79 Å². The average molecular weight is 369 g/mol. The molecule has 1 aromatic rings. The van der Waals surface area contributed by atoms with E-state index in [0.717, 1.165) is 47.1 Å². The summed E-state index contributed by atoms with van der Waals surface area (Å²) in [5, 5.41) is 15.5. The zero-order chi connectivity index (χ0) is 18.4. The van der Waals surface area contributed by atoms with Crippen LogP contribution in [0.5, 0.6) is 5.75 Å². The average Bonchev–Trinajstić information content (AvgIpc) is 3.15. The number of carboxylic acid groups (broad SMARTS) is 1. The molecular weight excluding hydrogens is 346 g/mol. The number of rotatable bonds is 7. The van der Waals surface area contributed by atoms with Crippen LogP contribution in [0.3, 0.4) is 0 Å². The van der Waals surface area contributed by atoms with E-state index < -0.39 is 5.97 Å². The molecule has 2 aliphatic rings. The van der Waals surface area contributed by atoms with Crippen molar-refractivity contribution in [1.82, 2.24) is 5.32 Å². The molecule has 1 aliphatic heterocycles. The highest BCUT2D eigenvalue weighted by molar-refractivity contribution is 8.06. The van der Waals surface area contributed by atoms with E-state index in [4.69, 9.17) is 9.84 Å². The first-order valence-corrected chi connectivity index (χ1v) is 9.73. The van der Waals surface area contributed by atoms with Gasteiger partial charge in [0.05, 0.1) is 17.3 Å². The number of aliphatic carboxylic acids is 1. The molecule has 0 radical (unpaired) electrons. The molecule has 26 heavy (non-hydrogen) atoms. The first-order chi connectivity index (χ1) is 12.7. The monoisotopic (exact) mass is 369 g/mol. The van der Waals surface area contributed by atoms with Crippen molar-refractivity contribution in [3.05, 3.63) is 69.6 Å². The molecule has 0 amide bonds. The maximum Gasteiger partial charge on any atom is 0.303 e. The van der Waals surface area contributed by atoms with Crippen molar-refractivity contribution in [2.24, 2.45) is 0 Å². The fourth-order valence-electron chi connectivity index (χ4n) is 2.74. The molecule has 0 saturated carbocycles. The number of hydrogen-bond acceptors (Lipinski definition) is 4. The second kappa shape index (κ2) is 8.81. The third kappa shape index (κ3) is 4.82. The molecule has 1 aromatic carbocycles. The zero-order valence-electron chi connectivity index (χ0n) is 14.8. The lowest BCUT2D eigenvalue weighted by Gasteiger charge is -2.13. The lowest BCUT2D eigenvalue weighted by molar-refractivity contribution is -0.136. The summed E-state index contributed by atoms with van der Waals surface area (Å²) in [6.45, 7) is 2.83. The largest absolute Gasteiger partial charge is 0.494 e. The number of benzene rings is 1. The number of carbonyl (C=O) groups is 1. The maximum atomic E-state index is 10.7. The van der Waals surface area contributed by atoms with Gasteiger partial charge in [-0.1, -0.05) is 42.5 Å². The molecule has 0 atom stereocenters. The zero-order valence-corrected chi connectivity index (χ0v) is 15.6. The van der Waals surface area contributed by atoms with Crippen LogP contribution in [0, 0.1) is 0 Å². The summed E-state index contributed by atoms with van der Waals surface area (Å²) < 4.78 is 5.63. The van der Waals surface area contributed by atoms with Gasteiger partial charge < -0.3 is 15.2 Å². The minimum absolute atomic E-state index is 0.179. The van der Waals surface area contributed by atoms with Gasteiger partial charge in [0.1, 0.15) is 5.75 Å². The van der Waals surface area contributed by atoms with Gasteiger partial charge in [-0.2, -0.15) is 0 Å². The minimum Gasteiger partial charge on any atom is -0.494 e. The van der Waals surface area contributed by atoms with Crippen LogP contribution >= 0.6 is 11.8 Å². The van der Waals surface area contributed by atoms with Crippen molar-refractivity contribution >= 4 is 23.4 Å². The van der Waals surface area contributed by atoms with Crippen LogP contribution in [-0.4, -0.2) is 17.7 Å². The summed E-state index contributed by atoms with van der Waals surface area (Å²) in [5.74, 6) is 0.145. The van der Waals surface area contributed by atoms with Crippen molar-refractivity contribution in [2.75, 3.05) is 6.61 Å². The molecule has 3 rings (SSSR count). The lowest BCUT2D eigenvalue weighted by atomic mass is 9.99. The number of allylic oxidation sites excluding steroid dienone is 5. The Morgan fingerprint density at radius 1 is 1.27 bits per heavy atom. The Labute approximate surface area is 158 Å². The Morgan fingerprint density at radius 2 is 2.08 bits per heavy atom. The molecule has 5 heteroatoms. The van der Waals surface area contributed by atoms with Gasteiger partial charge in [0, 0.05) is 11.8 Å². The summed E-state index contributed by atoms with van der Waals surface area (Å²) in [6, 6.07) is 8.14. The number of hydrogen-bond donors (Lipinski definition) is 2. The van der Waals surface area contributed by atoms with Crippen LogP contribution in [-0.2, 0) is 4.79 Å². The van der Waals surface area contributed by atoms with Crippen molar-refractivity contribution in [3.8, 4) is 5.75 Å². The van der Waals surface area contributed by atoms with E-state index in [1.807, 2.05) is 18.2 Å². The van der Waals surface area contributed by atoms with Gasteiger partial charge in [0.25, 0.3) is 0 Å². The third-order valence-electron chi connectivity index (χ3n) is 4.18. The first kappa shape index (κ1) is 18.4. The van der Waals surface area contributed by atoms with E-state index in [9.17, 15) is 4.79 Å². The molecule has 0 aromatic heterocycles. The van der Waals surface area contributed by atoms with Gasteiger partial charge in [-0.25, -0.2) is 0 Å². The van der Waals surface area contributed by atoms with Crippen molar-refractivity contribution in [2.45, 2.75) is 32.6 Å². The van der Waals surface area contributed by atoms with Crippen LogP contribution in [0.4, 0.5) is 0 Å². The van der Waals surface area contributed by atoms with E-state index in [0.29, 0.717) is 6.42 Å². The first-order valence-electron chi connectivity index (χ1n) is 8.85. The molecule has 136 valence electrons. The van der Waals surface area contributed by atoms with Crippen molar-refractivity contribution in [1.29, 1.82) is 0 Å². The molecule has 0 spiro atoms. The van der Waals surface area contributed by atoms with E-state index in [-0.39, 0.29) is 6.42 Å². The minimum atomic E-state index is -0.753. The van der Waals surface area contributed by atoms with E-state index >= 15 is 0 Å². The molecule has 4 nitrogen and oxygen atoms in total. The molecule has 2 N–H and O–H groups in total. The molecule has 1 heterocycles. The predicted octanol–water partition coefficient (Wildman–Crippen LogP) is 5.07. The van der Waals surface area contributed by atoms with Crippen LogP contribution in [0.1, 0.15) is 38.2 Å². The lowest BCUT2D eigenvalue weighted by Crippen LogP contribution is -2.07. The summed E-state index contributed by atoms with van der Waals surface area (Å²) in [5.41, 5.74) is 4.54. The van der Waals surface area contributed by atoms with Crippen molar-refractivity contribution < 1.29 is 14.6 Å². The highest BCUT2D eigenvalue weighted by atomic mass is 32.2. The molecular formula is C21H23NO3S. The Morgan fingerprint density at radius 3 is 2.73 bits per heavy atom. The normalized spacial score (nSPS) is 19.0. The standard InChI is InChI=1S/C21H23NO3S/c1-2-13-25-18-10-8-16(9-11-18)19-14-26-21(22-19)17-6-3-15(4-7-17)5-12-20(23)24/h3-4,6,8-11,14,22H,2,5,7,12-13H2,1H3,(H,23,24). The molecule has 0 fully saturated rings. The number of carboxylic acids is 1. The Hall–Kier alpha value is -2.40. The fraction of sp³-hybridized carbons (Fsp3) is 0.286. The van der Waals surface area contributed by atoms with E-state index in [1.165, 1.54) is 5.57 Å². The third-order valence-corrected chi connectivity index (χ3v) is 5.14. The highest BCUT2D eigenvalue weighted by Gasteiger charge is 2.16. The summed E-state index contributed by atoms with van der Waals surface area (Å²) in [6.07, 6.45) is 8.82. The van der Waals surface area contributed by atoms with Crippen LogP contribution in [0.15, 0.2) is 64.1 Å². The maximum absolute atomic E-state index is 10.7. The van der Waals surface area contributed by atoms with Gasteiger partial charge >= 0.3 is 5.97 Å². The van der Waals surface area contributed by atoms with Gasteiger partial charge in [-0.15, -0.1) is 0 Å². The number of thioether (sulfide) groups is 1. The number of nitrogens with one attached hydrogen (secondary N) is 1. The Kier molecular flexibility index (Phi) is 6.23. The summed E-state index contributed by atoms with van der Waals surface area (Å²) in [7, 11) is 0. The summed E-state index contributed by atoms with van der Waals surface area (Å²) in [4.78, 5) is 10.7. The van der Waals surface area contributed by atoms with Gasteiger partial charge in [0.15, 0.2) is 0 Å². The SMILES string of the molecule is CCCOc1ccc(C2=CSC(=C3C=CC(CCC(=O)O)=CC3)N2)cc1. The second-order valence-corrected chi connectivity index (χ2v) is 7.09. The molecule has 0 saturated heterocycles. The topological polar surface area (TPSA) is 58.6 Å². The van der Waals surface area contributed by atoms with E-state index in [1.54, 1.807) is 11.8 Å². The van der Waals surface area contributed by atoms with Crippen LogP contribution < -0.4 is 10.1 Å². The second-order valence-electron chi connectivity index (χ2n) is 6.21. The van der Waals surface area contributed by atoms with Gasteiger partial charge in [0.2, 0.25) is 0 Å². The smallest absolute Gasteiger partial charge is 0.303 e. The van der Waals surface area contributed by atoms with Gasteiger partial charge in [-0.05, 0) is 54.7 Å². The fourth-order valence-corrected chi connectivity index (χ4v) is 3.64. The Balaban J connectivity index is 1.59. The van der Waals surface area contributed by atoms with Crippen molar-refractivity contribution in [3.63, 3.8) is 0 Å². The van der Waals surface area contributed by atoms with Crippen LogP contribution in [0.2, 0.25) is 0 Å². The quantitative estimate of drug-likeness (QED) is 0.702.